The molecule has 1 N–H and O–H groups in total. The summed E-state index contributed by atoms with van der Waals surface area (Å²) in [5.74, 6) is 1.86. The highest BCUT2D eigenvalue weighted by Gasteiger charge is 2.17. The van der Waals surface area contributed by atoms with Gasteiger partial charge in [0, 0.05) is 3.57 Å². The third kappa shape index (κ3) is 3.74. The molecule has 0 spiro atoms. The van der Waals surface area contributed by atoms with Crippen LogP contribution in [-0.2, 0) is 0 Å². The van der Waals surface area contributed by atoms with Crippen LogP contribution in [0.2, 0.25) is 5.02 Å². The Labute approximate surface area is 132 Å². The first-order valence-corrected chi connectivity index (χ1v) is 7.82. The minimum absolute atomic E-state index is 0.0585. The van der Waals surface area contributed by atoms with Crippen LogP contribution in [0.5, 0.6) is 0 Å². The fraction of sp³-hybridized carbons (Fsp3) is 0.333. The average Bonchev–Trinajstić information content (AvgIpc) is 2.80. The van der Waals surface area contributed by atoms with Gasteiger partial charge in [-0.1, -0.05) is 24.6 Å². The lowest BCUT2D eigenvalue weighted by molar-refractivity contribution is 0.430. The highest BCUT2D eigenvalue weighted by Crippen LogP contribution is 2.28. The second-order valence-electron chi connectivity index (χ2n) is 4.51. The van der Waals surface area contributed by atoms with Crippen LogP contribution in [-0.4, -0.2) is 6.54 Å². The van der Waals surface area contributed by atoms with Gasteiger partial charge in [0.2, 0.25) is 0 Å². The highest BCUT2D eigenvalue weighted by atomic mass is 127. The molecular formula is C15H17ClINO. The van der Waals surface area contributed by atoms with Crippen molar-refractivity contribution in [3.8, 4) is 0 Å². The van der Waals surface area contributed by atoms with E-state index < -0.39 is 0 Å². The van der Waals surface area contributed by atoms with E-state index in [2.05, 4.69) is 40.9 Å². The number of nitrogens with one attached hydrogen (secondary N) is 1. The third-order valence-corrected chi connectivity index (χ3v) is 4.49. The van der Waals surface area contributed by atoms with Crippen LogP contribution in [0, 0.1) is 10.5 Å². The minimum atomic E-state index is 0.0585. The number of halogens is 2. The van der Waals surface area contributed by atoms with Crippen LogP contribution in [0.15, 0.2) is 34.7 Å². The van der Waals surface area contributed by atoms with Crippen LogP contribution in [0.25, 0.3) is 0 Å². The van der Waals surface area contributed by atoms with Gasteiger partial charge in [-0.15, -0.1) is 0 Å². The van der Waals surface area contributed by atoms with Gasteiger partial charge in [-0.2, -0.15) is 0 Å². The van der Waals surface area contributed by atoms with Crippen molar-refractivity contribution in [2.75, 3.05) is 6.54 Å². The van der Waals surface area contributed by atoms with Gasteiger partial charge in [0.15, 0.2) is 0 Å². The van der Waals surface area contributed by atoms with Gasteiger partial charge < -0.3 is 9.73 Å². The number of furan rings is 1. The molecule has 0 aliphatic heterocycles. The number of benzene rings is 1. The monoisotopic (exact) mass is 389 g/mol. The molecule has 2 rings (SSSR count). The maximum absolute atomic E-state index is 6.22. The first-order chi connectivity index (χ1) is 9.11. The van der Waals surface area contributed by atoms with Gasteiger partial charge in [-0.3, -0.25) is 0 Å². The Morgan fingerprint density at radius 1 is 1.32 bits per heavy atom. The molecule has 0 saturated heterocycles. The predicted octanol–water partition coefficient (Wildman–Crippen LogP) is 4.94. The minimum Gasteiger partial charge on any atom is -0.464 e. The largest absolute Gasteiger partial charge is 0.464 e. The molecule has 1 heterocycles. The summed E-state index contributed by atoms with van der Waals surface area (Å²) in [6.45, 7) is 5.05. The van der Waals surface area contributed by atoms with Crippen LogP contribution in [0.3, 0.4) is 0 Å². The molecule has 2 aromatic rings. The van der Waals surface area contributed by atoms with Gasteiger partial charge in [0.1, 0.15) is 11.5 Å². The Kier molecular flexibility index (Phi) is 5.30. The first kappa shape index (κ1) is 14.9. The maximum Gasteiger partial charge on any atom is 0.125 e. The molecule has 0 bridgehead atoms. The summed E-state index contributed by atoms with van der Waals surface area (Å²) in [7, 11) is 0. The lowest BCUT2D eigenvalue weighted by Crippen LogP contribution is -2.22. The normalized spacial score (nSPS) is 12.6. The quantitative estimate of drug-likeness (QED) is 0.733. The molecule has 0 saturated carbocycles. The van der Waals surface area contributed by atoms with E-state index in [9.17, 15) is 0 Å². The molecular weight excluding hydrogens is 373 g/mol. The van der Waals surface area contributed by atoms with Gasteiger partial charge in [0.05, 0.1) is 11.1 Å². The molecule has 1 unspecified atom stereocenters. The molecule has 2 nitrogen and oxygen atoms in total. The standard InChI is InChI=1S/C15H17ClINO/c1-3-8-18-15(14-7-4-10(2)19-14)11-5-6-13(17)12(16)9-11/h4-7,9,15,18H,3,8H2,1-2H3. The number of hydrogen-bond acceptors (Lipinski definition) is 2. The van der Waals surface area contributed by atoms with E-state index in [-0.39, 0.29) is 6.04 Å². The zero-order valence-corrected chi connectivity index (χ0v) is 14.0. The zero-order valence-electron chi connectivity index (χ0n) is 11.0. The van der Waals surface area contributed by atoms with Gasteiger partial charge in [-0.25, -0.2) is 0 Å². The summed E-state index contributed by atoms with van der Waals surface area (Å²) >= 11 is 8.45. The first-order valence-electron chi connectivity index (χ1n) is 6.36. The summed E-state index contributed by atoms with van der Waals surface area (Å²) in [4.78, 5) is 0. The second-order valence-corrected chi connectivity index (χ2v) is 6.08. The van der Waals surface area contributed by atoms with Gasteiger partial charge in [-0.05, 0) is 72.3 Å². The SMILES string of the molecule is CCCNC(c1ccc(I)c(Cl)c1)c1ccc(C)o1. The van der Waals surface area contributed by atoms with E-state index in [1.807, 2.05) is 31.2 Å². The predicted molar refractivity (Wildman–Crippen MR) is 87.8 cm³/mol. The lowest BCUT2D eigenvalue weighted by atomic mass is 10.0. The molecule has 4 heteroatoms. The van der Waals surface area contributed by atoms with Crippen molar-refractivity contribution >= 4 is 34.2 Å². The summed E-state index contributed by atoms with van der Waals surface area (Å²) in [5, 5.41) is 4.29. The average molecular weight is 390 g/mol. The van der Waals surface area contributed by atoms with E-state index in [4.69, 9.17) is 16.0 Å². The Bertz CT molecular complexity index is 553. The highest BCUT2D eigenvalue weighted by molar-refractivity contribution is 14.1. The lowest BCUT2D eigenvalue weighted by Gasteiger charge is -2.17. The molecule has 0 amide bonds. The Hall–Kier alpha value is -0.520. The van der Waals surface area contributed by atoms with E-state index in [1.165, 1.54) is 0 Å². The topological polar surface area (TPSA) is 25.2 Å². The number of aryl methyl sites for hydroxylation is 1. The molecule has 0 radical (unpaired) electrons. The molecule has 19 heavy (non-hydrogen) atoms. The summed E-state index contributed by atoms with van der Waals surface area (Å²) < 4.78 is 6.82. The van der Waals surface area contributed by atoms with Crippen molar-refractivity contribution in [3.63, 3.8) is 0 Å². The number of hydrogen-bond donors (Lipinski definition) is 1. The number of rotatable bonds is 5. The van der Waals surface area contributed by atoms with Crippen molar-refractivity contribution in [1.29, 1.82) is 0 Å². The Morgan fingerprint density at radius 3 is 2.68 bits per heavy atom. The molecule has 0 aliphatic carbocycles. The van der Waals surface area contributed by atoms with Crippen LogP contribution in [0.1, 0.15) is 36.5 Å². The maximum atomic E-state index is 6.22. The van der Waals surface area contributed by atoms with Crippen molar-refractivity contribution in [2.45, 2.75) is 26.3 Å². The van der Waals surface area contributed by atoms with Crippen molar-refractivity contribution in [1.82, 2.24) is 5.32 Å². The van der Waals surface area contributed by atoms with Crippen molar-refractivity contribution in [3.05, 3.63) is 56.0 Å². The molecule has 0 fully saturated rings. The summed E-state index contributed by atoms with van der Waals surface area (Å²) in [5.41, 5.74) is 1.13. The Balaban J connectivity index is 2.33. The van der Waals surface area contributed by atoms with Crippen LogP contribution < -0.4 is 5.32 Å². The van der Waals surface area contributed by atoms with E-state index in [1.54, 1.807) is 0 Å². The van der Waals surface area contributed by atoms with Gasteiger partial charge >= 0.3 is 0 Å². The Morgan fingerprint density at radius 2 is 2.11 bits per heavy atom. The fourth-order valence-electron chi connectivity index (χ4n) is 1.97. The van der Waals surface area contributed by atoms with E-state index in [0.29, 0.717) is 0 Å². The smallest absolute Gasteiger partial charge is 0.125 e. The van der Waals surface area contributed by atoms with Crippen molar-refractivity contribution < 1.29 is 4.42 Å². The summed E-state index contributed by atoms with van der Waals surface area (Å²) in [6.07, 6.45) is 1.08. The molecule has 102 valence electrons. The van der Waals surface area contributed by atoms with E-state index in [0.717, 1.165) is 38.6 Å². The van der Waals surface area contributed by atoms with Crippen LogP contribution >= 0.6 is 34.2 Å². The van der Waals surface area contributed by atoms with Crippen molar-refractivity contribution in [2.24, 2.45) is 0 Å². The molecule has 1 atom stereocenters. The zero-order chi connectivity index (χ0) is 13.8. The molecule has 0 aliphatic rings. The van der Waals surface area contributed by atoms with E-state index >= 15 is 0 Å². The second kappa shape index (κ2) is 6.77. The van der Waals surface area contributed by atoms with Crippen LogP contribution in [0.4, 0.5) is 0 Å². The van der Waals surface area contributed by atoms with Gasteiger partial charge in [0.25, 0.3) is 0 Å². The summed E-state index contributed by atoms with van der Waals surface area (Å²) in [6, 6.07) is 10.2. The third-order valence-electron chi connectivity index (χ3n) is 2.92. The molecule has 1 aromatic heterocycles. The fourth-order valence-corrected chi connectivity index (χ4v) is 2.50. The molecule has 1 aromatic carbocycles.